The number of benzene rings is 2. The van der Waals surface area contributed by atoms with Crippen LogP contribution in [0.5, 0.6) is 5.75 Å². The second kappa shape index (κ2) is 7.96. The van der Waals surface area contributed by atoms with Crippen LogP contribution in [-0.4, -0.2) is 19.2 Å². The van der Waals surface area contributed by atoms with Gasteiger partial charge in [0, 0.05) is 16.5 Å². The maximum absolute atomic E-state index is 13.5. The molecule has 3 N–H and O–H groups in total. The van der Waals surface area contributed by atoms with Gasteiger partial charge in [0.05, 0.1) is 19.0 Å². The summed E-state index contributed by atoms with van der Waals surface area (Å²) in [6.45, 7) is 0. The molecule has 1 aromatic heterocycles. The van der Waals surface area contributed by atoms with Crippen molar-refractivity contribution in [2.45, 2.75) is 0 Å². The van der Waals surface area contributed by atoms with E-state index >= 15 is 0 Å². The van der Waals surface area contributed by atoms with Gasteiger partial charge in [0.25, 0.3) is 5.91 Å². The first-order chi connectivity index (χ1) is 13.0. The van der Waals surface area contributed by atoms with E-state index in [1.807, 2.05) is 24.3 Å². The highest BCUT2D eigenvalue weighted by atomic mass is 32.1. The molecule has 3 rings (SSSR count). The van der Waals surface area contributed by atoms with Gasteiger partial charge in [-0.2, -0.15) is 5.10 Å². The minimum Gasteiger partial charge on any atom is -0.497 e. The summed E-state index contributed by atoms with van der Waals surface area (Å²) in [5.74, 6) is -1.25. The van der Waals surface area contributed by atoms with Crippen molar-refractivity contribution in [3.8, 4) is 16.2 Å². The van der Waals surface area contributed by atoms with Crippen molar-refractivity contribution in [3.05, 3.63) is 70.6 Å². The summed E-state index contributed by atoms with van der Waals surface area (Å²) in [5.41, 5.74) is 9.48. The summed E-state index contributed by atoms with van der Waals surface area (Å²) in [5, 5.41) is 3.70. The minimum atomic E-state index is -0.773. The van der Waals surface area contributed by atoms with Crippen LogP contribution in [0.2, 0.25) is 0 Å². The normalized spacial score (nSPS) is 10.9. The van der Waals surface area contributed by atoms with Gasteiger partial charge in [-0.05, 0) is 48.0 Å². The molecule has 3 aromatic rings. The lowest BCUT2D eigenvalue weighted by Crippen LogP contribution is -2.17. The van der Waals surface area contributed by atoms with Gasteiger partial charge < -0.3 is 10.5 Å². The van der Waals surface area contributed by atoms with E-state index in [-0.39, 0.29) is 10.4 Å². The molecule has 8 heteroatoms. The third-order valence-electron chi connectivity index (χ3n) is 3.67. The van der Waals surface area contributed by atoms with Gasteiger partial charge >= 0.3 is 0 Å². The van der Waals surface area contributed by atoms with Gasteiger partial charge in [-0.1, -0.05) is 0 Å². The van der Waals surface area contributed by atoms with E-state index in [0.717, 1.165) is 34.5 Å². The molecule has 0 aliphatic carbocycles. The zero-order chi connectivity index (χ0) is 19.4. The topological polar surface area (TPSA) is 76.7 Å². The van der Waals surface area contributed by atoms with Crippen molar-refractivity contribution in [3.63, 3.8) is 0 Å². The molecule has 138 valence electrons. The molecule has 5 nitrogen and oxygen atoms in total. The summed E-state index contributed by atoms with van der Waals surface area (Å²) in [6.07, 6.45) is 1.10. The standard InChI is InChI=1S/C19H15F2N3O2S/c1-26-14-6-3-11(4-7-14)17-9-16(22)18(27-17)19(25)24-23-10-12-2-5-13(20)8-15(12)21/h2-10H,22H2,1H3,(H,24,25)/b23-10-. The number of anilines is 1. The fourth-order valence-electron chi connectivity index (χ4n) is 2.30. The second-order valence-corrected chi connectivity index (χ2v) is 6.54. The first kappa shape index (κ1) is 18.5. The van der Waals surface area contributed by atoms with Crippen LogP contribution < -0.4 is 15.9 Å². The van der Waals surface area contributed by atoms with Crippen molar-refractivity contribution in [2.75, 3.05) is 12.8 Å². The zero-order valence-electron chi connectivity index (χ0n) is 14.2. The largest absolute Gasteiger partial charge is 0.497 e. The Morgan fingerprint density at radius 1 is 1.19 bits per heavy atom. The Balaban J connectivity index is 1.73. The first-order valence-electron chi connectivity index (χ1n) is 7.80. The maximum Gasteiger partial charge on any atom is 0.283 e. The fourth-order valence-corrected chi connectivity index (χ4v) is 3.27. The summed E-state index contributed by atoms with van der Waals surface area (Å²) in [6, 6.07) is 12.1. The van der Waals surface area contributed by atoms with Gasteiger partial charge in [0.2, 0.25) is 0 Å². The highest BCUT2D eigenvalue weighted by molar-refractivity contribution is 7.18. The Kier molecular flexibility index (Phi) is 5.46. The number of nitrogen functional groups attached to an aromatic ring is 1. The van der Waals surface area contributed by atoms with Crippen LogP contribution in [0.1, 0.15) is 15.2 Å². The monoisotopic (exact) mass is 387 g/mol. The van der Waals surface area contributed by atoms with E-state index in [9.17, 15) is 13.6 Å². The predicted octanol–water partition coefficient (Wildman–Crippen LogP) is 4.05. The average Bonchev–Trinajstić information content (AvgIpc) is 3.05. The molecule has 27 heavy (non-hydrogen) atoms. The number of halogens is 2. The van der Waals surface area contributed by atoms with Crippen LogP contribution in [0, 0.1) is 11.6 Å². The highest BCUT2D eigenvalue weighted by Crippen LogP contribution is 2.33. The smallest absolute Gasteiger partial charge is 0.283 e. The number of rotatable bonds is 5. The summed E-state index contributed by atoms with van der Waals surface area (Å²) in [4.78, 5) is 13.4. The van der Waals surface area contributed by atoms with Crippen LogP contribution >= 0.6 is 11.3 Å². The molecule has 2 aromatic carbocycles. The number of nitrogens with one attached hydrogen (secondary N) is 1. The van der Waals surface area contributed by atoms with E-state index in [0.29, 0.717) is 5.69 Å². The summed E-state index contributed by atoms with van der Waals surface area (Å²) >= 11 is 1.21. The SMILES string of the molecule is COc1ccc(-c2cc(N)c(C(=O)N/N=C\c3ccc(F)cc3F)s2)cc1. The van der Waals surface area contributed by atoms with Gasteiger partial charge in [0.1, 0.15) is 22.3 Å². The number of hydrogen-bond acceptors (Lipinski definition) is 5. The maximum atomic E-state index is 13.5. The number of amides is 1. The molecule has 0 spiro atoms. The van der Waals surface area contributed by atoms with Crippen molar-refractivity contribution in [1.29, 1.82) is 0 Å². The average molecular weight is 387 g/mol. The molecule has 1 amide bonds. The highest BCUT2D eigenvalue weighted by Gasteiger charge is 2.15. The van der Waals surface area contributed by atoms with Crippen molar-refractivity contribution < 1.29 is 18.3 Å². The number of nitrogens with two attached hydrogens (primary N) is 1. The number of hydrazone groups is 1. The fraction of sp³-hybridized carbons (Fsp3) is 0.0526. The number of thiophene rings is 1. The predicted molar refractivity (Wildman–Crippen MR) is 102 cm³/mol. The van der Waals surface area contributed by atoms with Crippen LogP contribution in [0.15, 0.2) is 53.6 Å². The number of methoxy groups -OCH3 is 1. The van der Waals surface area contributed by atoms with E-state index < -0.39 is 17.5 Å². The number of hydrogen-bond donors (Lipinski definition) is 2. The van der Waals surface area contributed by atoms with Crippen LogP contribution in [0.4, 0.5) is 14.5 Å². The number of nitrogens with zero attached hydrogens (tertiary/aromatic N) is 1. The molecular formula is C19H15F2N3O2S. The van der Waals surface area contributed by atoms with E-state index in [1.54, 1.807) is 13.2 Å². The van der Waals surface area contributed by atoms with E-state index in [2.05, 4.69) is 10.5 Å². The van der Waals surface area contributed by atoms with Gasteiger partial charge in [-0.3, -0.25) is 4.79 Å². The molecule has 0 bridgehead atoms. The Hall–Kier alpha value is -3.26. The van der Waals surface area contributed by atoms with E-state index in [4.69, 9.17) is 10.5 Å². The number of carbonyl (C=O) groups excluding carboxylic acids is 1. The van der Waals surface area contributed by atoms with Crippen molar-refractivity contribution in [1.82, 2.24) is 5.43 Å². The Morgan fingerprint density at radius 3 is 2.59 bits per heavy atom. The quantitative estimate of drug-likeness (QED) is 0.512. The first-order valence-corrected chi connectivity index (χ1v) is 8.62. The summed E-state index contributed by atoms with van der Waals surface area (Å²) in [7, 11) is 1.58. The Labute approximate surface area is 158 Å². The molecule has 0 aliphatic heterocycles. The molecule has 0 atom stereocenters. The number of ether oxygens (including phenoxy) is 1. The Morgan fingerprint density at radius 2 is 1.93 bits per heavy atom. The molecule has 1 heterocycles. The lowest BCUT2D eigenvalue weighted by Gasteiger charge is -2.01. The summed E-state index contributed by atoms with van der Waals surface area (Å²) < 4.78 is 31.5. The van der Waals surface area contributed by atoms with Crippen LogP contribution in [-0.2, 0) is 0 Å². The molecular weight excluding hydrogens is 372 g/mol. The van der Waals surface area contributed by atoms with Gasteiger partial charge in [0.15, 0.2) is 0 Å². The van der Waals surface area contributed by atoms with Crippen molar-refractivity contribution >= 4 is 29.1 Å². The van der Waals surface area contributed by atoms with Gasteiger partial charge in [-0.25, -0.2) is 14.2 Å². The van der Waals surface area contributed by atoms with Crippen LogP contribution in [0.25, 0.3) is 10.4 Å². The molecule has 0 unspecified atom stereocenters. The molecule has 0 radical (unpaired) electrons. The van der Waals surface area contributed by atoms with Crippen LogP contribution in [0.3, 0.4) is 0 Å². The second-order valence-electron chi connectivity index (χ2n) is 5.49. The lowest BCUT2D eigenvalue weighted by molar-refractivity contribution is 0.0960. The Bertz CT molecular complexity index is 1000. The van der Waals surface area contributed by atoms with Crippen molar-refractivity contribution in [2.24, 2.45) is 5.10 Å². The molecule has 0 saturated carbocycles. The van der Waals surface area contributed by atoms with Gasteiger partial charge in [-0.15, -0.1) is 11.3 Å². The molecule has 0 saturated heterocycles. The lowest BCUT2D eigenvalue weighted by atomic mass is 10.2. The minimum absolute atomic E-state index is 0.0507. The van der Waals surface area contributed by atoms with E-state index in [1.165, 1.54) is 17.4 Å². The third kappa shape index (κ3) is 4.29. The zero-order valence-corrected chi connectivity index (χ0v) is 15.0. The third-order valence-corrected chi connectivity index (χ3v) is 4.87. The molecule has 0 aliphatic rings. The number of carbonyl (C=O) groups is 1. The molecule has 0 fully saturated rings.